The van der Waals surface area contributed by atoms with E-state index in [9.17, 15) is 0 Å². The van der Waals surface area contributed by atoms with Crippen molar-refractivity contribution in [3.8, 4) is 0 Å². The van der Waals surface area contributed by atoms with Gasteiger partial charge < -0.3 is 10.1 Å². The first kappa shape index (κ1) is 8.52. The van der Waals surface area contributed by atoms with Crippen LogP contribution in [0.15, 0.2) is 0 Å². The average Bonchev–Trinajstić information content (AvgIpc) is 2.37. The van der Waals surface area contributed by atoms with Crippen molar-refractivity contribution < 1.29 is 4.74 Å². The molecule has 2 nitrogen and oxygen atoms in total. The third-order valence-electron chi connectivity index (χ3n) is 3.77. The van der Waals surface area contributed by atoms with Crippen LogP contribution in [0.1, 0.15) is 27.2 Å². The van der Waals surface area contributed by atoms with Crippen LogP contribution < -0.4 is 5.32 Å². The van der Waals surface area contributed by atoms with Crippen molar-refractivity contribution in [2.75, 3.05) is 19.8 Å². The molecular weight excluding hydrogens is 150 g/mol. The van der Waals surface area contributed by atoms with Gasteiger partial charge in [0.2, 0.25) is 0 Å². The highest BCUT2D eigenvalue weighted by atomic mass is 16.5. The molecule has 2 heteroatoms. The highest BCUT2D eigenvalue weighted by Crippen LogP contribution is 2.50. The SMILES string of the molecule is CC(C)(C)C12CCNC1COC2. The van der Waals surface area contributed by atoms with Crippen molar-refractivity contribution >= 4 is 0 Å². The van der Waals surface area contributed by atoms with Crippen LogP contribution in [0.2, 0.25) is 0 Å². The lowest BCUT2D eigenvalue weighted by Crippen LogP contribution is -2.44. The summed E-state index contributed by atoms with van der Waals surface area (Å²) in [5.74, 6) is 0. The Morgan fingerprint density at radius 3 is 2.75 bits per heavy atom. The van der Waals surface area contributed by atoms with Gasteiger partial charge in [-0.25, -0.2) is 0 Å². The lowest BCUT2D eigenvalue weighted by atomic mass is 9.64. The summed E-state index contributed by atoms with van der Waals surface area (Å²) in [4.78, 5) is 0. The van der Waals surface area contributed by atoms with Crippen molar-refractivity contribution in [3.63, 3.8) is 0 Å². The smallest absolute Gasteiger partial charge is 0.0626 e. The van der Waals surface area contributed by atoms with Crippen LogP contribution in [0.25, 0.3) is 0 Å². The largest absolute Gasteiger partial charge is 0.379 e. The Morgan fingerprint density at radius 1 is 1.42 bits per heavy atom. The number of fused-ring (bicyclic) bond motifs is 1. The lowest BCUT2D eigenvalue weighted by molar-refractivity contribution is 0.0621. The van der Waals surface area contributed by atoms with Crippen LogP contribution in [0.4, 0.5) is 0 Å². The topological polar surface area (TPSA) is 21.3 Å². The summed E-state index contributed by atoms with van der Waals surface area (Å²) >= 11 is 0. The Labute approximate surface area is 74.7 Å². The first-order valence-electron chi connectivity index (χ1n) is 4.87. The first-order valence-corrected chi connectivity index (χ1v) is 4.87. The fraction of sp³-hybridized carbons (Fsp3) is 1.00. The Balaban J connectivity index is 2.28. The number of nitrogens with one attached hydrogen (secondary N) is 1. The van der Waals surface area contributed by atoms with Crippen LogP contribution >= 0.6 is 0 Å². The molecule has 0 aromatic rings. The Morgan fingerprint density at radius 2 is 2.17 bits per heavy atom. The van der Waals surface area contributed by atoms with Gasteiger partial charge in [0.15, 0.2) is 0 Å². The van der Waals surface area contributed by atoms with Gasteiger partial charge in [0.25, 0.3) is 0 Å². The molecule has 2 atom stereocenters. The predicted molar refractivity (Wildman–Crippen MR) is 49.1 cm³/mol. The molecule has 2 unspecified atom stereocenters. The van der Waals surface area contributed by atoms with E-state index in [0.29, 0.717) is 16.9 Å². The Bertz CT molecular complexity index is 173. The maximum Gasteiger partial charge on any atom is 0.0626 e. The highest BCUT2D eigenvalue weighted by Gasteiger charge is 2.54. The van der Waals surface area contributed by atoms with Crippen molar-refractivity contribution in [1.29, 1.82) is 0 Å². The predicted octanol–water partition coefficient (Wildman–Crippen LogP) is 1.41. The first-order chi connectivity index (χ1) is 5.56. The molecule has 12 heavy (non-hydrogen) atoms. The van der Waals surface area contributed by atoms with Gasteiger partial charge in [-0.2, -0.15) is 0 Å². The number of rotatable bonds is 0. The molecule has 0 saturated carbocycles. The molecule has 2 rings (SSSR count). The van der Waals surface area contributed by atoms with E-state index >= 15 is 0 Å². The zero-order valence-electron chi connectivity index (χ0n) is 8.31. The summed E-state index contributed by atoms with van der Waals surface area (Å²) < 4.78 is 5.58. The summed E-state index contributed by atoms with van der Waals surface area (Å²) in [7, 11) is 0. The fourth-order valence-electron chi connectivity index (χ4n) is 2.70. The van der Waals surface area contributed by atoms with E-state index in [2.05, 4.69) is 26.1 Å². The molecule has 2 heterocycles. The van der Waals surface area contributed by atoms with Crippen LogP contribution in [0, 0.1) is 10.8 Å². The van der Waals surface area contributed by atoms with Gasteiger partial charge in [-0.1, -0.05) is 20.8 Å². The van der Waals surface area contributed by atoms with E-state index in [0.717, 1.165) is 13.2 Å². The fourth-order valence-corrected chi connectivity index (χ4v) is 2.70. The molecule has 2 aliphatic heterocycles. The van der Waals surface area contributed by atoms with Crippen molar-refractivity contribution in [2.24, 2.45) is 10.8 Å². The Kier molecular flexibility index (Phi) is 1.74. The third kappa shape index (κ3) is 0.944. The number of hydrogen-bond donors (Lipinski definition) is 1. The van der Waals surface area contributed by atoms with Gasteiger partial charge in [0.1, 0.15) is 0 Å². The minimum Gasteiger partial charge on any atom is -0.379 e. The maximum atomic E-state index is 5.58. The molecule has 1 N–H and O–H groups in total. The number of hydrogen-bond acceptors (Lipinski definition) is 2. The maximum absolute atomic E-state index is 5.58. The van der Waals surface area contributed by atoms with E-state index < -0.39 is 0 Å². The molecule has 0 aromatic heterocycles. The van der Waals surface area contributed by atoms with Crippen LogP contribution in [0.3, 0.4) is 0 Å². The quantitative estimate of drug-likeness (QED) is 0.592. The second kappa shape index (κ2) is 2.46. The third-order valence-corrected chi connectivity index (χ3v) is 3.77. The van der Waals surface area contributed by atoms with Gasteiger partial charge in [-0.3, -0.25) is 0 Å². The van der Waals surface area contributed by atoms with Crippen LogP contribution in [0.5, 0.6) is 0 Å². The second-order valence-electron chi connectivity index (χ2n) is 5.18. The molecule has 0 aliphatic carbocycles. The van der Waals surface area contributed by atoms with Gasteiger partial charge in [0.05, 0.1) is 13.2 Å². The minimum absolute atomic E-state index is 0.373. The minimum atomic E-state index is 0.373. The summed E-state index contributed by atoms with van der Waals surface area (Å²) in [6.45, 7) is 10.0. The molecule has 0 radical (unpaired) electrons. The zero-order valence-corrected chi connectivity index (χ0v) is 8.31. The summed E-state index contributed by atoms with van der Waals surface area (Å²) in [5.41, 5.74) is 0.782. The molecule has 70 valence electrons. The monoisotopic (exact) mass is 169 g/mol. The van der Waals surface area contributed by atoms with E-state index in [1.165, 1.54) is 13.0 Å². The molecule has 2 saturated heterocycles. The highest BCUT2D eigenvalue weighted by molar-refractivity contribution is 5.06. The van der Waals surface area contributed by atoms with Gasteiger partial charge >= 0.3 is 0 Å². The van der Waals surface area contributed by atoms with Gasteiger partial charge in [-0.05, 0) is 18.4 Å². The van der Waals surface area contributed by atoms with Gasteiger partial charge in [0, 0.05) is 11.5 Å². The van der Waals surface area contributed by atoms with E-state index in [4.69, 9.17) is 4.74 Å². The van der Waals surface area contributed by atoms with Gasteiger partial charge in [-0.15, -0.1) is 0 Å². The summed E-state index contributed by atoms with van der Waals surface area (Å²) in [6.07, 6.45) is 1.28. The molecule has 0 spiro atoms. The van der Waals surface area contributed by atoms with Crippen molar-refractivity contribution in [2.45, 2.75) is 33.2 Å². The average molecular weight is 169 g/mol. The second-order valence-corrected chi connectivity index (χ2v) is 5.18. The normalized spacial score (nSPS) is 41.8. The summed E-state index contributed by atoms with van der Waals surface area (Å²) in [6, 6.07) is 0.609. The molecular formula is C10H19NO. The van der Waals surface area contributed by atoms with E-state index in [1.54, 1.807) is 0 Å². The van der Waals surface area contributed by atoms with Crippen LogP contribution in [-0.2, 0) is 4.74 Å². The van der Waals surface area contributed by atoms with Crippen LogP contribution in [-0.4, -0.2) is 25.8 Å². The molecule has 2 fully saturated rings. The van der Waals surface area contributed by atoms with E-state index in [1.807, 2.05) is 0 Å². The summed E-state index contributed by atoms with van der Waals surface area (Å²) in [5, 5.41) is 3.54. The number of ether oxygens (including phenoxy) is 1. The van der Waals surface area contributed by atoms with Crippen molar-refractivity contribution in [1.82, 2.24) is 5.32 Å². The standard InChI is InChI=1S/C10H19NO/c1-9(2,3)10-4-5-11-8(10)6-12-7-10/h8,11H,4-7H2,1-3H3. The van der Waals surface area contributed by atoms with Crippen molar-refractivity contribution in [3.05, 3.63) is 0 Å². The molecule has 0 aromatic carbocycles. The Hall–Kier alpha value is -0.0800. The molecule has 0 amide bonds. The molecule has 2 aliphatic rings. The van der Waals surface area contributed by atoms with E-state index in [-0.39, 0.29) is 0 Å². The molecule has 0 bridgehead atoms. The lowest BCUT2D eigenvalue weighted by Gasteiger charge is -2.40. The zero-order chi connectivity index (χ0) is 8.82.